The summed E-state index contributed by atoms with van der Waals surface area (Å²) >= 11 is 0. The molecule has 2 amide bonds. The van der Waals surface area contributed by atoms with E-state index in [9.17, 15) is 18.0 Å². The highest BCUT2D eigenvalue weighted by atomic mass is 32.2. The van der Waals surface area contributed by atoms with Crippen molar-refractivity contribution >= 4 is 21.7 Å². The van der Waals surface area contributed by atoms with Gasteiger partial charge in [-0.1, -0.05) is 6.42 Å². The van der Waals surface area contributed by atoms with E-state index in [4.69, 9.17) is 0 Å². The minimum atomic E-state index is -3.04. The SMILES string of the molecule is CC(C)NC(=O)CCCC(=O)N[C@@H]1CCC[C@H](S(C)(=O)=O)C1. The predicted molar refractivity (Wildman–Crippen MR) is 86.2 cm³/mol. The summed E-state index contributed by atoms with van der Waals surface area (Å²) in [6, 6.07) is 0.0435. The fraction of sp³-hybridized carbons (Fsp3) is 0.867. The molecular weight excluding hydrogens is 304 g/mol. The molecular formula is C15H28N2O4S. The summed E-state index contributed by atoms with van der Waals surface area (Å²) in [6.07, 6.45) is 5.22. The summed E-state index contributed by atoms with van der Waals surface area (Å²) < 4.78 is 23.2. The Bertz CT molecular complexity index is 488. The van der Waals surface area contributed by atoms with Gasteiger partial charge in [0.2, 0.25) is 11.8 Å². The molecule has 0 radical (unpaired) electrons. The average Bonchev–Trinajstić information content (AvgIpc) is 2.37. The maximum atomic E-state index is 11.9. The fourth-order valence-electron chi connectivity index (χ4n) is 2.77. The second-order valence-electron chi connectivity index (χ2n) is 6.46. The Balaban J connectivity index is 2.29. The molecule has 6 nitrogen and oxygen atoms in total. The third-order valence-electron chi connectivity index (χ3n) is 3.85. The molecule has 2 atom stereocenters. The van der Waals surface area contributed by atoms with E-state index in [2.05, 4.69) is 10.6 Å². The lowest BCUT2D eigenvalue weighted by Gasteiger charge is -2.28. The van der Waals surface area contributed by atoms with Crippen molar-refractivity contribution in [2.75, 3.05) is 6.26 Å². The smallest absolute Gasteiger partial charge is 0.220 e. The van der Waals surface area contributed by atoms with Crippen LogP contribution in [0.4, 0.5) is 0 Å². The number of sulfone groups is 1. The normalized spacial score (nSPS) is 22.4. The van der Waals surface area contributed by atoms with Crippen molar-refractivity contribution in [2.45, 2.75) is 76.1 Å². The number of nitrogens with one attached hydrogen (secondary N) is 2. The van der Waals surface area contributed by atoms with E-state index < -0.39 is 9.84 Å². The number of rotatable bonds is 7. The van der Waals surface area contributed by atoms with E-state index in [0.717, 1.165) is 12.8 Å². The number of hydrogen-bond donors (Lipinski definition) is 2. The zero-order chi connectivity index (χ0) is 16.8. The van der Waals surface area contributed by atoms with Gasteiger partial charge in [0, 0.05) is 31.2 Å². The van der Waals surface area contributed by atoms with Crippen LogP contribution >= 0.6 is 0 Å². The number of hydrogen-bond acceptors (Lipinski definition) is 4. The highest BCUT2D eigenvalue weighted by molar-refractivity contribution is 7.91. The van der Waals surface area contributed by atoms with Crippen LogP contribution in [0.15, 0.2) is 0 Å². The Kier molecular flexibility index (Phi) is 7.32. The molecule has 7 heteroatoms. The lowest BCUT2D eigenvalue weighted by molar-refractivity contribution is -0.123. The van der Waals surface area contributed by atoms with Crippen molar-refractivity contribution in [3.8, 4) is 0 Å². The Labute approximate surface area is 133 Å². The molecule has 0 heterocycles. The molecule has 0 aliphatic heterocycles. The minimum Gasteiger partial charge on any atom is -0.354 e. The molecule has 1 aliphatic carbocycles. The number of carbonyl (C=O) groups excluding carboxylic acids is 2. The first-order chi connectivity index (χ1) is 10.2. The van der Waals surface area contributed by atoms with Gasteiger partial charge in [-0.15, -0.1) is 0 Å². The minimum absolute atomic E-state index is 0.0439. The van der Waals surface area contributed by atoms with Gasteiger partial charge in [-0.2, -0.15) is 0 Å². The van der Waals surface area contributed by atoms with Gasteiger partial charge in [0.05, 0.1) is 5.25 Å². The Hall–Kier alpha value is -1.11. The maximum absolute atomic E-state index is 11.9. The molecule has 1 rings (SSSR count). The highest BCUT2D eigenvalue weighted by Crippen LogP contribution is 2.23. The number of amides is 2. The third-order valence-corrected chi connectivity index (χ3v) is 5.49. The van der Waals surface area contributed by atoms with Crippen LogP contribution in [0.5, 0.6) is 0 Å². The summed E-state index contributed by atoms with van der Waals surface area (Å²) in [6.45, 7) is 3.79. The van der Waals surface area contributed by atoms with Gasteiger partial charge in [0.25, 0.3) is 0 Å². The molecule has 1 fully saturated rings. The average molecular weight is 332 g/mol. The predicted octanol–water partition coefficient (Wildman–Crippen LogP) is 1.15. The summed E-state index contributed by atoms with van der Waals surface area (Å²) in [4.78, 5) is 23.3. The van der Waals surface area contributed by atoms with Gasteiger partial charge in [-0.05, 0) is 39.5 Å². The summed E-state index contributed by atoms with van der Waals surface area (Å²) in [5, 5.41) is 5.34. The molecule has 22 heavy (non-hydrogen) atoms. The first-order valence-corrected chi connectivity index (χ1v) is 9.91. The fourth-order valence-corrected chi connectivity index (χ4v) is 3.95. The molecule has 0 spiro atoms. The molecule has 0 unspecified atom stereocenters. The van der Waals surface area contributed by atoms with Gasteiger partial charge in [0.1, 0.15) is 9.84 Å². The topological polar surface area (TPSA) is 92.3 Å². The van der Waals surface area contributed by atoms with Crippen molar-refractivity contribution in [3.63, 3.8) is 0 Å². The Morgan fingerprint density at radius 2 is 1.77 bits per heavy atom. The summed E-state index contributed by atoms with van der Waals surface area (Å²) in [5.74, 6) is -0.144. The van der Waals surface area contributed by atoms with Crippen LogP contribution in [0.1, 0.15) is 58.8 Å². The van der Waals surface area contributed by atoms with Crippen molar-refractivity contribution in [1.82, 2.24) is 10.6 Å². The maximum Gasteiger partial charge on any atom is 0.220 e. The molecule has 0 aromatic rings. The van der Waals surface area contributed by atoms with Crippen LogP contribution < -0.4 is 10.6 Å². The second kappa shape index (κ2) is 8.50. The van der Waals surface area contributed by atoms with Crippen molar-refractivity contribution < 1.29 is 18.0 Å². The molecule has 1 aliphatic rings. The molecule has 1 saturated carbocycles. The van der Waals surface area contributed by atoms with Gasteiger partial charge in [-0.3, -0.25) is 9.59 Å². The molecule has 2 N–H and O–H groups in total. The Morgan fingerprint density at radius 3 is 2.36 bits per heavy atom. The van der Waals surface area contributed by atoms with Gasteiger partial charge in [0.15, 0.2) is 0 Å². The van der Waals surface area contributed by atoms with Crippen molar-refractivity contribution in [3.05, 3.63) is 0 Å². The van der Waals surface area contributed by atoms with E-state index in [-0.39, 0.29) is 29.1 Å². The lowest BCUT2D eigenvalue weighted by atomic mass is 9.95. The standard InChI is InChI=1S/C15H28N2O4S/c1-11(2)16-14(18)8-5-9-15(19)17-12-6-4-7-13(10-12)22(3,20)21/h11-13H,4-10H2,1-3H3,(H,16,18)(H,17,19)/t12-,13+/m1/s1. The number of carbonyl (C=O) groups is 2. The summed E-state index contributed by atoms with van der Waals surface area (Å²) in [7, 11) is -3.04. The van der Waals surface area contributed by atoms with E-state index in [0.29, 0.717) is 32.1 Å². The van der Waals surface area contributed by atoms with Gasteiger partial charge in [-0.25, -0.2) is 8.42 Å². The summed E-state index contributed by atoms with van der Waals surface area (Å²) in [5.41, 5.74) is 0. The molecule has 0 aromatic carbocycles. The zero-order valence-electron chi connectivity index (χ0n) is 13.7. The van der Waals surface area contributed by atoms with Crippen molar-refractivity contribution in [1.29, 1.82) is 0 Å². The largest absolute Gasteiger partial charge is 0.354 e. The molecule has 128 valence electrons. The van der Waals surface area contributed by atoms with Crippen LogP contribution in [-0.4, -0.2) is 43.8 Å². The van der Waals surface area contributed by atoms with E-state index in [1.807, 2.05) is 13.8 Å². The van der Waals surface area contributed by atoms with Crippen molar-refractivity contribution in [2.24, 2.45) is 0 Å². The quantitative estimate of drug-likeness (QED) is 0.731. The van der Waals surface area contributed by atoms with E-state index >= 15 is 0 Å². The zero-order valence-corrected chi connectivity index (χ0v) is 14.5. The van der Waals surface area contributed by atoms with Gasteiger partial charge < -0.3 is 10.6 Å². The monoisotopic (exact) mass is 332 g/mol. The highest BCUT2D eigenvalue weighted by Gasteiger charge is 2.29. The van der Waals surface area contributed by atoms with Gasteiger partial charge >= 0.3 is 0 Å². The van der Waals surface area contributed by atoms with E-state index in [1.165, 1.54) is 6.26 Å². The van der Waals surface area contributed by atoms with Crippen LogP contribution in [0.25, 0.3) is 0 Å². The Morgan fingerprint density at radius 1 is 1.14 bits per heavy atom. The third kappa shape index (κ3) is 7.24. The van der Waals surface area contributed by atoms with Crippen LogP contribution in [0.3, 0.4) is 0 Å². The molecule has 0 saturated heterocycles. The second-order valence-corrected chi connectivity index (χ2v) is 8.78. The van der Waals surface area contributed by atoms with E-state index in [1.54, 1.807) is 0 Å². The molecule has 0 aromatic heterocycles. The molecule has 0 bridgehead atoms. The lowest BCUT2D eigenvalue weighted by Crippen LogP contribution is -2.41. The van der Waals surface area contributed by atoms with Crippen LogP contribution in [0, 0.1) is 0 Å². The first kappa shape index (κ1) is 18.9. The first-order valence-electron chi connectivity index (χ1n) is 7.96. The van der Waals surface area contributed by atoms with Crippen LogP contribution in [-0.2, 0) is 19.4 Å². The van der Waals surface area contributed by atoms with Crippen LogP contribution in [0.2, 0.25) is 0 Å².